The molecule has 0 aromatic heterocycles. The molecule has 1 atom stereocenters. The number of hydrogen-bond acceptors (Lipinski definition) is 4. The third-order valence-corrected chi connectivity index (χ3v) is 8.28. The number of benzene rings is 3. The van der Waals surface area contributed by atoms with Crippen LogP contribution < -0.4 is 9.62 Å². The Morgan fingerprint density at radius 1 is 0.881 bits per heavy atom. The number of rotatable bonds is 9. The first-order valence-corrected chi connectivity index (χ1v) is 14.8. The lowest BCUT2D eigenvalue weighted by Crippen LogP contribution is -2.54. The van der Waals surface area contributed by atoms with Gasteiger partial charge in [0.1, 0.15) is 12.6 Å². The molecule has 0 spiro atoms. The summed E-state index contributed by atoms with van der Waals surface area (Å²) in [7, 11) is -4.50. The summed E-state index contributed by atoms with van der Waals surface area (Å²) >= 11 is 0. The van der Waals surface area contributed by atoms with Crippen LogP contribution in [-0.2, 0) is 32.3 Å². The Balaban J connectivity index is 2.10. The fourth-order valence-corrected chi connectivity index (χ4v) is 5.56. The first-order chi connectivity index (χ1) is 19.4. The van der Waals surface area contributed by atoms with Crippen LogP contribution in [0.4, 0.5) is 18.9 Å². The highest BCUT2D eigenvalue weighted by Crippen LogP contribution is 2.33. The van der Waals surface area contributed by atoms with Crippen molar-refractivity contribution >= 4 is 27.5 Å². The summed E-state index contributed by atoms with van der Waals surface area (Å²) in [5.74, 6) is -1.23. The SMILES string of the molecule is Cc1ccc(CN(C(=O)CN(c2cccc(C(F)(F)F)c2)S(=O)(=O)c2ccc(C)cc2)C(C)C(=O)NC(C)(C)C)cc1. The molecule has 2 amide bonds. The van der Waals surface area contributed by atoms with Gasteiger partial charge in [0, 0.05) is 12.1 Å². The van der Waals surface area contributed by atoms with Crippen LogP contribution in [0.15, 0.2) is 77.7 Å². The molecule has 0 bridgehead atoms. The van der Waals surface area contributed by atoms with Gasteiger partial charge in [-0.1, -0.05) is 53.6 Å². The molecule has 0 heterocycles. The Labute approximate surface area is 245 Å². The van der Waals surface area contributed by atoms with Crippen LogP contribution in [0.3, 0.4) is 0 Å². The summed E-state index contributed by atoms with van der Waals surface area (Å²) in [5, 5.41) is 2.83. The number of nitrogens with zero attached hydrogens (tertiary/aromatic N) is 2. The zero-order valence-electron chi connectivity index (χ0n) is 24.5. The van der Waals surface area contributed by atoms with Gasteiger partial charge in [-0.25, -0.2) is 8.42 Å². The van der Waals surface area contributed by atoms with E-state index in [1.807, 2.05) is 19.1 Å². The lowest BCUT2D eigenvalue weighted by atomic mass is 10.1. The van der Waals surface area contributed by atoms with Crippen LogP contribution >= 0.6 is 0 Å². The van der Waals surface area contributed by atoms with Gasteiger partial charge >= 0.3 is 6.18 Å². The molecule has 0 aliphatic rings. The van der Waals surface area contributed by atoms with Crippen molar-refractivity contribution in [2.24, 2.45) is 0 Å². The van der Waals surface area contributed by atoms with Crippen molar-refractivity contribution in [2.45, 2.75) is 70.7 Å². The fraction of sp³-hybridized carbons (Fsp3) is 0.355. The van der Waals surface area contributed by atoms with Gasteiger partial charge in [-0.3, -0.25) is 13.9 Å². The second-order valence-electron chi connectivity index (χ2n) is 11.3. The van der Waals surface area contributed by atoms with Gasteiger partial charge < -0.3 is 10.2 Å². The van der Waals surface area contributed by atoms with Crippen LogP contribution in [0.1, 0.15) is 49.9 Å². The highest BCUT2D eigenvalue weighted by atomic mass is 32.2. The third-order valence-electron chi connectivity index (χ3n) is 6.49. The summed E-state index contributed by atoms with van der Waals surface area (Å²) in [6, 6.07) is 15.8. The molecule has 1 unspecified atom stereocenters. The molecule has 7 nitrogen and oxygen atoms in total. The van der Waals surface area contributed by atoms with Gasteiger partial charge in [0.15, 0.2) is 0 Å². The number of carbonyl (C=O) groups excluding carboxylic acids is 2. The Bertz CT molecular complexity index is 1510. The van der Waals surface area contributed by atoms with Crippen LogP contribution in [0.5, 0.6) is 0 Å². The number of sulfonamides is 1. The highest BCUT2D eigenvalue weighted by Gasteiger charge is 2.35. The van der Waals surface area contributed by atoms with Crippen LogP contribution in [0, 0.1) is 13.8 Å². The first kappa shape index (κ1) is 32.7. The second kappa shape index (κ2) is 12.6. The predicted molar refractivity (Wildman–Crippen MR) is 156 cm³/mol. The average Bonchev–Trinajstić information content (AvgIpc) is 2.89. The normalized spacial score (nSPS) is 12.9. The van der Waals surface area contributed by atoms with Gasteiger partial charge in [0.05, 0.1) is 16.1 Å². The largest absolute Gasteiger partial charge is 0.416 e. The number of halogens is 3. The van der Waals surface area contributed by atoms with E-state index in [4.69, 9.17) is 0 Å². The van der Waals surface area contributed by atoms with Gasteiger partial charge in [-0.2, -0.15) is 13.2 Å². The van der Waals surface area contributed by atoms with Crippen LogP contribution in [0.25, 0.3) is 0 Å². The van der Waals surface area contributed by atoms with E-state index in [1.54, 1.807) is 52.0 Å². The number of amides is 2. The van der Waals surface area contributed by atoms with E-state index >= 15 is 0 Å². The molecule has 3 rings (SSSR count). The Hall–Kier alpha value is -3.86. The molecule has 0 aliphatic carbocycles. The molecule has 42 heavy (non-hydrogen) atoms. The molecule has 3 aromatic rings. The Morgan fingerprint density at radius 2 is 1.43 bits per heavy atom. The van der Waals surface area contributed by atoms with Gasteiger partial charge in [-0.15, -0.1) is 0 Å². The van der Waals surface area contributed by atoms with Crippen molar-refractivity contribution in [3.8, 4) is 0 Å². The summed E-state index contributed by atoms with van der Waals surface area (Å²) < 4.78 is 69.1. The predicted octanol–water partition coefficient (Wildman–Crippen LogP) is 5.85. The minimum atomic E-state index is -4.74. The third kappa shape index (κ3) is 8.34. The monoisotopic (exact) mass is 603 g/mol. The summed E-state index contributed by atoms with van der Waals surface area (Å²) in [5.41, 5.74) is 0.444. The topological polar surface area (TPSA) is 86.8 Å². The Morgan fingerprint density at radius 3 is 1.95 bits per heavy atom. The number of aryl methyl sites for hydroxylation is 2. The number of hydrogen-bond donors (Lipinski definition) is 1. The molecule has 11 heteroatoms. The fourth-order valence-electron chi connectivity index (χ4n) is 4.15. The van der Waals surface area contributed by atoms with Crippen molar-refractivity contribution in [3.05, 3.63) is 95.1 Å². The van der Waals surface area contributed by atoms with Crippen molar-refractivity contribution in [1.82, 2.24) is 10.2 Å². The molecule has 226 valence electrons. The minimum absolute atomic E-state index is 0.0289. The number of alkyl halides is 3. The quantitative estimate of drug-likeness (QED) is 0.333. The molecular weight excluding hydrogens is 567 g/mol. The van der Waals surface area contributed by atoms with Gasteiger partial charge in [-0.05, 0) is 77.4 Å². The summed E-state index contributed by atoms with van der Waals surface area (Å²) in [4.78, 5) is 28.1. The van der Waals surface area contributed by atoms with Crippen LogP contribution in [0.2, 0.25) is 0 Å². The number of nitrogens with one attached hydrogen (secondary N) is 1. The van der Waals surface area contributed by atoms with E-state index in [-0.39, 0.29) is 17.1 Å². The van der Waals surface area contributed by atoms with Crippen molar-refractivity contribution in [3.63, 3.8) is 0 Å². The minimum Gasteiger partial charge on any atom is -0.350 e. The molecule has 0 fully saturated rings. The van der Waals surface area contributed by atoms with Gasteiger partial charge in [0.2, 0.25) is 11.8 Å². The van der Waals surface area contributed by atoms with Crippen molar-refractivity contribution < 1.29 is 31.2 Å². The van der Waals surface area contributed by atoms with E-state index in [2.05, 4.69) is 5.32 Å². The molecule has 0 aliphatic heterocycles. The maximum absolute atomic E-state index is 13.9. The lowest BCUT2D eigenvalue weighted by Gasteiger charge is -2.33. The molecular formula is C31H36F3N3O4S. The van der Waals surface area contributed by atoms with E-state index in [9.17, 15) is 31.2 Å². The van der Waals surface area contributed by atoms with Gasteiger partial charge in [0.25, 0.3) is 10.0 Å². The second-order valence-corrected chi connectivity index (χ2v) is 13.2. The first-order valence-electron chi connectivity index (χ1n) is 13.3. The van der Waals surface area contributed by atoms with E-state index < -0.39 is 51.7 Å². The zero-order chi connectivity index (χ0) is 31.5. The summed E-state index contributed by atoms with van der Waals surface area (Å²) in [6.07, 6.45) is -4.74. The molecule has 3 aromatic carbocycles. The Kier molecular flexibility index (Phi) is 9.77. The highest BCUT2D eigenvalue weighted by molar-refractivity contribution is 7.92. The molecule has 1 N–H and O–H groups in total. The number of anilines is 1. The van der Waals surface area contributed by atoms with E-state index in [0.29, 0.717) is 15.9 Å². The maximum atomic E-state index is 13.9. The molecule has 0 saturated carbocycles. The zero-order valence-corrected chi connectivity index (χ0v) is 25.3. The van der Waals surface area contributed by atoms with Crippen molar-refractivity contribution in [1.29, 1.82) is 0 Å². The molecule has 0 radical (unpaired) electrons. The smallest absolute Gasteiger partial charge is 0.350 e. The van der Waals surface area contributed by atoms with E-state index in [1.165, 1.54) is 30.0 Å². The standard InChI is InChI=1S/C31H36F3N3O4S/c1-21-10-14-24(15-11-21)19-36(23(3)29(39)35-30(4,5)6)28(38)20-37(26-9-7-8-25(18-26)31(32,33)34)42(40,41)27-16-12-22(2)13-17-27/h7-18,23H,19-20H2,1-6H3,(H,35,39). The molecule has 0 saturated heterocycles. The lowest BCUT2D eigenvalue weighted by molar-refractivity contribution is -0.140. The number of carbonyl (C=O) groups is 2. The van der Waals surface area contributed by atoms with E-state index in [0.717, 1.165) is 23.3 Å². The van der Waals surface area contributed by atoms with Crippen LogP contribution in [-0.4, -0.2) is 43.3 Å². The van der Waals surface area contributed by atoms with Crippen molar-refractivity contribution in [2.75, 3.05) is 10.8 Å². The average molecular weight is 604 g/mol. The maximum Gasteiger partial charge on any atom is 0.416 e. The summed E-state index contributed by atoms with van der Waals surface area (Å²) in [6.45, 7) is 9.67.